The number of hydrogen-bond donors (Lipinski definition) is 2. The normalized spacial score (nSPS) is 8.82. The minimum absolute atomic E-state index is 0.123. The maximum absolute atomic E-state index is 10.4. The fourth-order valence-corrected chi connectivity index (χ4v) is 0.595. The lowest BCUT2D eigenvalue weighted by Gasteiger charge is -2.03. The van der Waals surface area contributed by atoms with Gasteiger partial charge in [-0.1, -0.05) is 0 Å². The molecule has 0 spiro atoms. The van der Waals surface area contributed by atoms with E-state index < -0.39 is 0 Å². The van der Waals surface area contributed by atoms with Gasteiger partial charge in [0.2, 0.25) is 5.91 Å². The van der Waals surface area contributed by atoms with Crippen LogP contribution in [0.2, 0.25) is 0 Å². The lowest BCUT2D eigenvalue weighted by atomic mass is 10.4. The Hall–Kier alpha value is -1.58. The van der Waals surface area contributed by atoms with Crippen molar-refractivity contribution in [2.24, 2.45) is 0 Å². The molecule has 0 saturated heterocycles. The number of carbonyl (C=O) groups excluding carboxylic acids is 1. The second kappa shape index (κ2) is 3.55. The van der Waals surface area contributed by atoms with E-state index in [4.69, 9.17) is 0 Å². The molecule has 0 atom stereocenters. The first kappa shape index (κ1) is 7.53. The quantitative estimate of drug-likeness (QED) is 0.607. The molecule has 0 saturated carbocycles. The van der Waals surface area contributed by atoms with Crippen molar-refractivity contribution < 1.29 is 4.79 Å². The van der Waals surface area contributed by atoms with Crippen molar-refractivity contribution in [2.75, 3.05) is 5.43 Å². The predicted octanol–water partition coefficient (Wildman–Crippen LogP) is 0.545. The number of pyridine rings is 1. The third-order valence-corrected chi connectivity index (χ3v) is 1.06. The molecule has 0 aromatic carbocycles. The van der Waals surface area contributed by atoms with Gasteiger partial charge in [0.1, 0.15) is 0 Å². The van der Waals surface area contributed by atoms with Gasteiger partial charge in [-0.15, -0.1) is 0 Å². The highest BCUT2D eigenvalue weighted by atomic mass is 16.2. The Morgan fingerprint density at radius 1 is 1.45 bits per heavy atom. The molecule has 0 aliphatic rings. The minimum atomic E-state index is -0.123. The Morgan fingerprint density at radius 3 is 2.64 bits per heavy atom. The van der Waals surface area contributed by atoms with Gasteiger partial charge in [-0.2, -0.15) is 0 Å². The van der Waals surface area contributed by atoms with Crippen LogP contribution >= 0.6 is 0 Å². The molecular weight excluding hydrogens is 142 g/mol. The highest BCUT2D eigenvalue weighted by Crippen LogP contribution is 1.99. The molecule has 0 fully saturated rings. The van der Waals surface area contributed by atoms with E-state index in [-0.39, 0.29) is 5.91 Å². The molecule has 1 heterocycles. The summed E-state index contributed by atoms with van der Waals surface area (Å²) in [5.74, 6) is -0.123. The Morgan fingerprint density at radius 2 is 2.09 bits per heavy atom. The van der Waals surface area contributed by atoms with Gasteiger partial charge in [-0.3, -0.25) is 20.6 Å². The molecule has 58 valence electrons. The zero-order valence-electron chi connectivity index (χ0n) is 6.16. The molecule has 4 nitrogen and oxygen atoms in total. The number of hydrogen-bond acceptors (Lipinski definition) is 3. The number of nitrogens with zero attached hydrogens (tertiary/aromatic N) is 1. The number of amides is 1. The van der Waals surface area contributed by atoms with Crippen molar-refractivity contribution in [3.63, 3.8) is 0 Å². The number of hydrazine groups is 1. The Labute approximate surface area is 64.6 Å². The van der Waals surface area contributed by atoms with Gasteiger partial charge < -0.3 is 0 Å². The average molecular weight is 151 g/mol. The molecule has 1 aromatic rings. The lowest BCUT2D eigenvalue weighted by Crippen LogP contribution is -2.26. The largest absolute Gasteiger partial charge is 0.299 e. The average Bonchev–Trinajstić information content (AvgIpc) is 2.03. The van der Waals surface area contributed by atoms with E-state index in [1.807, 2.05) is 0 Å². The molecule has 11 heavy (non-hydrogen) atoms. The van der Waals surface area contributed by atoms with Crippen LogP contribution in [0, 0.1) is 0 Å². The number of nitrogens with one attached hydrogen (secondary N) is 2. The summed E-state index contributed by atoms with van der Waals surface area (Å²) in [6.07, 6.45) is 3.29. The van der Waals surface area contributed by atoms with Crippen LogP contribution in [0.1, 0.15) is 6.92 Å². The zero-order chi connectivity index (χ0) is 8.10. The standard InChI is InChI=1S/C7H9N3O/c1-6(11)9-10-7-2-4-8-5-3-7/h2-5H,1H3,(H,8,10)(H,9,11). The summed E-state index contributed by atoms with van der Waals surface area (Å²) in [5, 5.41) is 0. The van der Waals surface area contributed by atoms with E-state index in [2.05, 4.69) is 15.8 Å². The van der Waals surface area contributed by atoms with Crippen LogP contribution in [0.5, 0.6) is 0 Å². The second-order valence-electron chi connectivity index (χ2n) is 2.04. The number of carbonyl (C=O) groups is 1. The summed E-state index contributed by atoms with van der Waals surface area (Å²) >= 11 is 0. The number of anilines is 1. The summed E-state index contributed by atoms with van der Waals surface area (Å²) in [7, 11) is 0. The second-order valence-corrected chi connectivity index (χ2v) is 2.04. The van der Waals surface area contributed by atoms with Crippen LogP contribution in [0.3, 0.4) is 0 Å². The summed E-state index contributed by atoms with van der Waals surface area (Å²) < 4.78 is 0. The summed E-state index contributed by atoms with van der Waals surface area (Å²) in [6, 6.07) is 3.52. The third kappa shape index (κ3) is 2.66. The van der Waals surface area contributed by atoms with Crippen LogP contribution in [0.25, 0.3) is 0 Å². The molecule has 1 rings (SSSR count). The van der Waals surface area contributed by atoms with Gasteiger partial charge in [0.05, 0.1) is 5.69 Å². The highest BCUT2D eigenvalue weighted by Gasteiger charge is 1.89. The maximum Gasteiger partial charge on any atom is 0.235 e. The smallest absolute Gasteiger partial charge is 0.235 e. The van der Waals surface area contributed by atoms with Crippen LogP contribution < -0.4 is 10.9 Å². The van der Waals surface area contributed by atoms with E-state index in [1.165, 1.54) is 6.92 Å². The molecule has 0 unspecified atom stereocenters. The van der Waals surface area contributed by atoms with Crippen LogP contribution in [0.4, 0.5) is 5.69 Å². The van der Waals surface area contributed by atoms with Gasteiger partial charge >= 0.3 is 0 Å². The van der Waals surface area contributed by atoms with Crippen LogP contribution in [-0.4, -0.2) is 10.9 Å². The third-order valence-electron chi connectivity index (χ3n) is 1.06. The summed E-state index contributed by atoms with van der Waals surface area (Å²) in [6.45, 7) is 1.44. The minimum Gasteiger partial charge on any atom is -0.299 e. The molecule has 0 radical (unpaired) electrons. The van der Waals surface area contributed by atoms with Crippen molar-refractivity contribution >= 4 is 11.6 Å². The molecule has 0 aliphatic heterocycles. The Balaban J connectivity index is 2.45. The monoisotopic (exact) mass is 151 g/mol. The number of rotatable bonds is 2. The van der Waals surface area contributed by atoms with Gasteiger partial charge in [0.25, 0.3) is 0 Å². The van der Waals surface area contributed by atoms with E-state index in [0.29, 0.717) is 0 Å². The fourth-order valence-electron chi connectivity index (χ4n) is 0.595. The topological polar surface area (TPSA) is 54.0 Å². The van der Waals surface area contributed by atoms with Crippen molar-refractivity contribution in [2.45, 2.75) is 6.92 Å². The summed E-state index contributed by atoms with van der Waals surface area (Å²) in [5.41, 5.74) is 5.96. The van der Waals surface area contributed by atoms with Gasteiger partial charge in [0, 0.05) is 19.3 Å². The molecular formula is C7H9N3O. The summed E-state index contributed by atoms with van der Waals surface area (Å²) in [4.78, 5) is 14.2. The van der Waals surface area contributed by atoms with E-state index in [1.54, 1.807) is 24.5 Å². The van der Waals surface area contributed by atoms with Gasteiger partial charge in [0.15, 0.2) is 0 Å². The van der Waals surface area contributed by atoms with Gasteiger partial charge in [-0.05, 0) is 12.1 Å². The van der Waals surface area contributed by atoms with Crippen molar-refractivity contribution in [1.29, 1.82) is 0 Å². The Bertz CT molecular complexity index is 235. The predicted molar refractivity (Wildman–Crippen MR) is 41.7 cm³/mol. The molecule has 0 bridgehead atoms. The van der Waals surface area contributed by atoms with Crippen LogP contribution in [0.15, 0.2) is 24.5 Å². The van der Waals surface area contributed by atoms with E-state index >= 15 is 0 Å². The first-order valence-electron chi connectivity index (χ1n) is 3.21. The molecule has 2 N–H and O–H groups in total. The highest BCUT2D eigenvalue weighted by molar-refractivity contribution is 5.74. The first-order chi connectivity index (χ1) is 5.29. The van der Waals surface area contributed by atoms with E-state index in [0.717, 1.165) is 5.69 Å². The maximum atomic E-state index is 10.4. The fraction of sp³-hybridized carbons (Fsp3) is 0.143. The van der Waals surface area contributed by atoms with Crippen molar-refractivity contribution in [3.05, 3.63) is 24.5 Å². The van der Waals surface area contributed by atoms with Gasteiger partial charge in [-0.25, -0.2) is 0 Å². The van der Waals surface area contributed by atoms with Crippen molar-refractivity contribution in [1.82, 2.24) is 10.4 Å². The molecule has 1 amide bonds. The zero-order valence-corrected chi connectivity index (χ0v) is 6.16. The van der Waals surface area contributed by atoms with Crippen molar-refractivity contribution in [3.8, 4) is 0 Å². The van der Waals surface area contributed by atoms with Crippen LogP contribution in [-0.2, 0) is 4.79 Å². The first-order valence-corrected chi connectivity index (χ1v) is 3.21. The number of aromatic nitrogens is 1. The lowest BCUT2D eigenvalue weighted by molar-refractivity contribution is -0.118. The van der Waals surface area contributed by atoms with E-state index in [9.17, 15) is 4.79 Å². The molecule has 1 aromatic heterocycles. The SMILES string of the molecule is CC(=O)NNc1ccncc1. The Kier molecular flexibility index (Phi) is 2.43. The molecule has 4 heteroatoms. The molecule has 0 aliphatic carbocycles.